The van der Waals surface area contributed by atoms with Crippen molar-refractivity contribution >= 4 is 15.9 Å². The quantitative estimate of drug-likeness (QED) is 0.858. The average molecular weight is 400 g/mol. The van der Waals surface area contributed by atoms with Gasteiger partial charge in [0.15, 0.2) is 0 Å². The van der Waals surface area contributed by atoms with Crippen LogP contribution in [0.3, 0.4) is 0 Å². The zero-order chi connectivity index (χ0) is 19.7. The van der Waals surface area contributed by atoms with Gasteiger partial charge in [0.2, 0.25) is 0 Å². The van der Waals surface area contributed by atoms with Crippen LogP contribution in [0.1, 0.15) is 30.0 Å². The Hall–Kier alpha value is -2.38. The number of nitrogens with zero attached hydrogens (tertiary/aromatic N) is 2. The second kappa shape index (κ2) is 7.56. The Bertz CT molecular complexity index is 986. The van der Waals surface area contributed by atoms with Crippen molar-refractivity contribution in [2.75, 3.05) is 27.2 Å². The van der Waals surface area contributed by atoms with Crippen LogP contribution in [0.15, 0.2) is 58.4 Å². The standard InChI is InChI=1S/C21H25N3O3S/c1-24-13-5-6-16(20(24)15-9-11-17(27-2)12-10-15)14-22-21-18-7-3-4-8-19(18)28(25,26)23-21/h3-4,7-12,16,20H,5-6,13-14H2,1-2H3,(H,22,23). The fourth-order valence-corrected chi connectivity index (χ4v) is 5.49. The van der Waals surface area contributed by atoms with Crippen LogP contribution in [0.2, 0.25) is 0 Å². The van der Waals surface area contributed by atoms with E-state index < -0.39 is 10.0 Å². The van der Waals surface area contributed by atoms with Crippen LogP contribution in [0.4, 0.5) is 0 Å². The first kappa shape index (κ1) is 19.0. The molecule has 2 heterocycles. The fourth-order valence-electron chi connectivity index (χ4n) is 4.24. The number of methoxy groups -OCH3 is 1. The van der Waals surface area contributed by atoms with E-state index in [4.69, 9.17) is 9.73 Å². The largest absolute Gasteiger partial charge is 0.497 e. The lowest BCUT2D eigenvalue weighted by Crippen LogP contribution is -2.37. The second-order valence-corrected chi connectivity index (χ2v) is 9.04. The van der Waals surface area contributed by atoms with Gasteiger partial charge in [0.05, 0.1) is 12.0 Å². The summed E-state index contributed by atoms with van der Waals surface area (Å²) in [7, 11) is 0.312. The molecule has 4 rings (SSSR count). The number of ether oxygens (including phenoxy) is 1. The number of hydrogen-bond acceptors (Lipinski definition) is 5. The summed E-state index contributed by atoms with van der Waals surface area (Å²) in [6.07, 6.45) is 2.17. The number of hydrogen-bond donors (Lipinski definition) is 1. The van der Waals surface area contributed by atoms with E-state index in [1.807, 2.05) is 18.2 Å². The number of rotatable bonds is 4. The number of fused-ring (bicyclic) bond motifs is 1. The molecule has 2 aliphatic heterocycles. The van der Waals surface area contributed by atoms with Crippen molar-refractivity contribution in [1.29, 1.82) is 0 Å². The van der Waals surface area contributed by atoms with Crippen molar-refractivity contribution in [3.8, 4) is 5.75 Å². The zero-order valence-electron chi connectivity index (χ0n) is 16.1. The highest BCUT2D eigenvalue weighted by Crippen LogP contribution is 2.36. The van der Waals surface area contributed by atoms with Crippen LogP contribution in [-0.4, -0.2) is 46.4 Å². The van der Waals surface area contributed by atoms with Crippen molar-refractivity contribution in [3.63, 3.8) is 0 Å². The number of sulfonamides is 1. The number of likely N-dealkylation sites (tertiary alicyclic amines) is 1. The molecule has 7 heteroatoms. The topological polar surface area (TPSA) is 71.0 Å². The van der Waals surface area contributed by atoms with Crippen LogP contribution in [0.25, 0.3) is 0 Å². The molecule has 0 amide bonds. The number of amidine groups is 1. The lowest BCUT2D eigenvalue weighted by Gasteiger charge is -2.39. The molecule has 2 aromatic carbocycles. The number of nitrogens with one attached hydrogen (secondary N) is 1. The van der Waals surface area contributed by atoms with Gasteiger partial charge in [-0.3, -0.25) is 14.6 Å². The first-order valence-corrected chi connectivity index (χ1v) is 11.0. The molecule has 2 atom stereocenters. The van der Waals surface area contributed by atoms with Crippen molar-refractivity contribution in [1.82, 2.24) is 9.62 Å². The maximum Gasteiger partial charge on any atom is 0.263 e. The molecule has 0 spiro atoms. The van der Waals surface area contributed by atoms with Crippen LogP contribution in [0, 0.1) is 5.92 Å². The summed E-state index contributed by atoms with van der Waals surface area (Å²) >= 11 is 0. The van der Waals surface area contributed by atoms with Gasteiger partial charge < -0.3 is 4.74 Å². The molecule has 2 aromatic rings. The Labute approximate surface area is 166 Å². The van der Waals surface area contributed by atoms with E-state index in [2.05, 4.69) is 28.8 Å². The Kier molecular flexibility index (Phi) is 5.12. The first-order valence-electron chi connectivity index (χ1n) is 9.50. The van der Waals surface area contributed by atoms with Crippen LogP contribution < -0.4 is 9.46 Å². The van der Waals surface area contributed by atoms with Gasteiger partial charge in [0, 0.05) is 18.2 Å². The number of benzene rings is 2. The predicted octanol–water partition coefficient (Wildman–Crippen LogP) is 2.82. The molecule has 0 bridgehead atoms. The highest BCUT2D eigenvalue weighted by molar-refractivity contribution is 7.90. The molecule has 0 saturated carbocycles. The molecule has 2 unspecified atom stereocenters. The van der Waals surface area contributed by atoms with Crippen LogP contribution in [-0.2, 0) is 10.0 Å². The highest BCUT2D eigenvalue weighted by Gasteiger charge is 2.33. The third kappa shape index (κ3) is 3.52. The molecule has 1 N–H and O–H groups in total. The third-order valence-corrected chi connectivity index (χ3v) is 7.01. The van der Waals surface area contributed by atoms with E-state index in [1.54, 1.807) is 25.3 Å². The van der Waals surface area contributed by atoms with Crippen molar-refractivity contribution in [2.24, 2.45) is 10.9 Å². The average Bonchev–Trinajstić information content (AvgIpc) is 2.97. The Morgan fingerprint density at radius 3 is 2.68 bits per heavy atom. The first-order chi connectivity index (χ1) is 13.5. The van der Waals surface area contributed by atoms with E-state index in [1.165, 1.54) is 5.56 Å². The van der Waals surface area contributed by atoms with Gasteiger partial charge in [-0.1, -0.05) is 24.3 Å². The van der Waals surface area contributed by atoms with E-state index in [9.17, 15) is 8.42 Å². The minimum atomic E-state index is -3.50. The molecule has 1 fully saturated rings. The Morgan fingerprint density at radius 2 is 1.93 bits per heavy atom. The predicted molar refractivity (Wildman–Crippen MR) is 109 cm³/mol. The monoisotopic (exact) mass is 399 g/mol. The lowest BCUT2D eigenvalue weighted by molar-refractivity contribution is 0.125. The van der Waals surface area contributed by atoms with E-state index >= 15 is 0 Å². The molecule has 28 heavy (non-hydrogen) atoms. The van der Waals surface area contributed by atoms with Crippen molar-refractivity contribution < 1.29 is 13.2 Å². The van der Waals surface area contributed by atoms with Gasteiger partial charge in [0.1, 0.15) is 11.6 Å². The lowest BCUT2D eigenvalue weighted by atomic mass is 9.85. The minimum absolute atomic E-state index is 0.247. The summed E-state index contributed by atoms with van der Waals surface area (Å²) in [5.41, 5.74) is 1.90. The second-order valence-electron chi connectivity index (χ2n) is 7.39. The number of aliphatic imine (C=N–C) groups is 1. The van der Waals surface area contributed by atoms with Gasteiger partial charge in [-0.05, 0) is 62.2 Å². The molecule has 1 saturated heterocycles. The fraction of sp³-hybridized carbons (Fsp3) is 0.381. The Balaban J connectivity index is 1.60. The molecule has 2 aliphatic rings. The maximum absolute atomic E-state index is 12.3. The smallest absolute Gasteiger partial charge is 0.263 e. The summed E-state index contributed by atoms with van der Waals surface area (Å²) in [4.78, 5) is 7.37. The summed E-state index contributed by atoms with van der Waals surface area (Å²) in [5, 5.41) is 0. The van der Waals surface area contributed by atoms with Gasteiger partial charge in [-0.15, -0.1) is 0 Å². The van der Waals surface area contributed by atoms with Gasteiger partial charge in [0.25, 0.3) is 10.0 Å². The summed E-state index contributed by atoms with van der Waals surface area (Å²) in [6.45, 7) is 1.62. The Morgan fingerprint density at radius 1 is 1.18 bits per heavy atom. The van der Waals surface area contributed by atoms with Gasteiger partial charge >= 0.3 is 0 Å². The summed E-state index contributed by atoms with van der Waals surface area (Å²) in [6, 6.07) is 15.4. The third-order valence-electron chi connectivity index (χ3n) is 5.61. The molecule has 0 aliphatic carbocycles. The van der Waals surface area contributed by atoms with Crippen LogP contribution in [0.5, 0.6) is 5.75 Å². The minimum Gasteiger partial charge on any atom is -0.497 e. The summed E-state index contributed by atoms with van der Waals surface area (Å²) < 4.78 is 32.5. The molecular weight excluding hydrogens is 374 g/mol. The molecular formula is C21H25N3O3S. The van der Waals surface area contributed by atoms with Gasteiger partial charge in [-0.25, -0.2) is 8.42 Å². The van der Waals surface area contributed by atoms with Crippen molar-refractivity contribution in [2.45, 2.75) is 23.8 Å². The van der Waals surface area contributed by atoms with Crippen LogP contribution >= 0.6 is 0 Å². The normalized spacial score (nSPS) is 25.3. The molecule has 0 radical (unpaired) electrons. The number of piperidine rings is 1. The van der Waals surface area contributed by atoms with E-state index in [-0.39, 0.29) is 6.04 Å². The van der Waals surface area contributed by atoms with Gasteiger partial charge in [-0.2, -0.15) is 0 Å². The molecule has 148 valence electrons. The van der Waals surface area contributed by atoms with E-state index in [0.717, 1.165) is 25.1 Å². The summed E-state index contributed by atoms with van der Waals surface area (Å²) in [5.74, 6) is 1.62. The molecule has 0 aromatic heterocycles. The molecule has 6 nitrogen and oxygen atoms in total. The SMILES string of the molecule is COc1ccc(C2C(CN=C3NS(=O)(=O)c4ccccc43)CCCN2C)cc1. The highest BCUT2D eigenvalue weighted by atomic mass is 32.2. The van der Waals surface area contributed by atoms with E-state index in [0.29, 0.717) is 28.8 Å². The zero-order valence-corrected chi connectivity index (χ0v) is 16.9. The van der Waals surface area contributed by atoms with Crippen molar-refractivity contribution in [3.05, 3.63) is 59.7 Å². The maximum atomic E-state index is 12.3.